The molecule has 2 nitrogen and oxygen atoms in total. The molecule has 0 saturated carbocycles. The molecule has 14 heavy (non-hydrogen) atoms. The molecule has 0 amide bonds. The molecule has 0 radical (unpaired) electrons. The van der Waals surface area contributed by atoms with Crippen molar-refractivity contribution in [2.45, 2.75) is 5.33 Å². The van der Waals surface area contributed by atoms with Gasteiger partial charge in [-0.3, -0.25) is 0 Å². The summed E-state index contributed by atoms with van der Waals surface area (Å²) in [4.78, 5) is 0. The highest BCUT2D eigenvalue weighted by molar-refractivity contribution is 9.08. The lowest BCUT2D eigenvalue weighted by molar-refractivity contribution is 1.41. The number of thiophene rings is 1. The molecule has 1 aromatic heterocycles. The van der Waals surface area contributed by atoms with E-state index in [2.05, 4.69) is 22.0 Å². The van der Waals surface area contributed by atoms with E-state index < -0.39 is 0 Å². The van der Waals surface area contributed by atoms with Crippen molar-refractivity contribution in [1.29, 1.82) is 5.26 Å². The Hall–Kier alpha value is -1.05. The molecule has 70 valence electrons. The van der Waals surface area contributed by atoms with E-state index in [1.165, 1.54) is 0 Å². The Labute approximate surface area is 94.1 Å². The van der Waals surface area contributed by atoms with Crippen LogP contribution in [-0.4, -0.2) is 0 Å². The summed E-state index contributed by atoms with van der Waals surface area (Å²) in [7, 11) is 0. The van der Waals surface area contributed by atoms with Gasteiger partial charge in [0.15, 0.2) is 0 Å². The average Bonchev–Trinajstić information content (AvgIpc) is 2.62. The topological polar surface area (TPSA) is 49.8 Å². The van der Waals surface area contributed by atoms with Crippen LogP contribution in [0.1, 0.15) is 11.1 Å². The molecule has 0 aliphatic heterocycles. The van der Waals surface area contributed by atoms with Gasteiger partial charge in [-0.15, -0.1) is 11.3 Å². The van der Waals surface area contributed by atoms with Crippen LogP contribution in [-0.2, 0) is 5.33 Å². The minimum atomic E-state index is 0.619. The molecule has 0 spiro atoms. The van der Waals surface area contributed by atoms with Crippen LogP contribution in [0, 0.1) is 11.3 Å². The van der Waals surface area contributed by atoms with E-state index in [1.54, 1.807) is 11.3 Å². The number of hydrogen-bond donors (Lipinski definition) is 1. The molecule has 0 atom stereocenters. The van der Waals surface area contributed by atoms with Crippen molar-refractivity contribution in [2.24, 2.45) is 0 Å². The van der Waals surface area contributed by atoms with Gasteiger partial charge in [0.2, 0.25) is 0 Å². The van der Waals surface area contributed by atoms with Gasteiger partial charge >= 0.3 is 0 Å². The van der Waals surface area contributed by atoms with Gasteiger partial charge in [-0.05, 0) is 17.5 Å². The summed E-state index contributed by atoms with van der Waals surface area (Å²) in [6, 6.07) is 6.10. The predicted molar refractivity (Wildman–Crippen MR) is 63.6 cm³/mol. The van der Waals surface area contributed by atoms with Crippen molar-refractivity contribution in [3.05, 3.63) is 28.6 Å². The van der Waals surface area contributed by atoms with Gasteiger partial charge < -0.3 is 5.73 Å². The largest absolute Gasteiger partial charge is 0.398 e. The standard InChI is InChI=1S/C10H7BrN2S/c11-4-7-8(5-12)6-1-2-14-10(6)3-9(7)13/h1-3H,4,13H2. The van der Waals surface area contributed by atoms with Crippen LogP contribution in [0.2, 0.25) is 0 Å². The van der Waals surface area contributed by atoms with E-state index in [0.29, 0.717) is 16.6 Å². The quantitative estimate of drug-likeness (QED) is 0.637. The van der Waals surface area contributed by atoms with Crippen molar-refractivity contribution < 1.29 is 0 Å². The molecular formula is C10H7BrN2S. The summed E-state index contributed by atoms with van der Waals surface area (Å²) in [6.07, 6.45) is 0. The minimum absolute atomic E-state index is 0.619. The van der Waals surface area contributed by atoms with E-state index in [1.807, 2.05) is 17.5 Å². The fourth-order valence-electron chi connectivity index (χ4n) is 1.45. The first-order chi connectivity index (χ1) is 6.77. The molecule has 2 rings (SSSR count). The summed E-state index contributed by atoms with van der Waals surface area (Å²) >= 11 is 4.95. The summed E-state index contributed by atoms with van der Waals surface area (Å²) in [5.41, 5.74) is 8.13. The third-order valence-corrected chi connectivity index (χ3v) is 3.57. The predicted octanol–water partition coefficient (Wildman–Crippen LogP) is 3.25. The van der Waals surface area contributed by atoms with Crippen LogP contribution in [0.3, 0.4) is 0 Å². The first-order valence-electron chi connectivity index (χ1n) is 4.02. The zero-order chi connectivity index (χ0) is 10.1. The molecule has 0 fully saturated rings. The number of nitriles is 1. The second-order valence-electron chi connectivity index (χ2n) is 2.90. The van der Waals surface area contributed by atoms with Gasteiger partial charge in [0.25, 0.3) is 0 Å². The number of nitrogens with two attached hydrogens (primary N) is 1. The summed E-state index contributed by atoms with van der Waals surface area (Å²) in [6.45, 7) is 0. The summed E-state index contributed by atoms with van der Waals surface area (Å²) in [5.74, 6) is 0. The monoisotopic (exact) mass is 266 g/mol. The average molecular weight is 267 g/mol. The van der Waals surface area contributed by atoms with Crippen LogP contribution < -0.4 is 5.73 Å². The number of fused-ring (bicyclic) bond motifs is 1. The highest BCUT2D eigenvalue weighted by atomic mass is 79.9. The maximum Gasteiger partial charge on any atom is 0.100 e. The zero-order valence-electron chi connectivity index (χ0n) is 7.25. The maximum atomic E-state index is 9.07. The van der Waals surface area contributed by atoms with Gasteiger partial charge in [-0.25, -0.2) is 0 Å². The van der Waals surface area contributed by atoms with Crippen molar-refractivity contribution in [2.75, 3.05) is 5.73 Å². The van der Waals surface area contributed by atoms with Gasteiger partial charge in [-0.1, -0.05) is 15.9 Å². The van der Waals surface area contributed by atoms with Gasteiger partial charge in [0, 0.05) is 26.7 Å². The zero-order valence-corrected chi connectivity index (χ0v) is 9.65. The number of nitrogens with zero attached hydrogens (tertiary/aromatic N) is 1. The number of anilines is 1. The smallest absolute Gasteiger partial charge is 0.100 e. The minimum Gasteiger partial charge on any atom is -0.398 e. The van der Waals surface area contributed by atoms with Crippen LogP contribution in [0.4, 0.5) is 5.69 Å². The highest BCUT2D eigenvalue weighted by Crippen LogP contribution is 2.31. The van der Waals surface area contributed by atoms with Gasteiger partial charge in [-0.2, -0.15) is 5.26 Å². The molecule has 2 N–H and O–H groups in total. The van der Waals surface area contributed by atoms with E-state index in [0.717, 1.165) is 15.6 Å². The third kappa shape index (κ3) is 1.29. The molecule has 2 aromatic rings. The SMILES string of the molecule is N#Cc1c(CBr)c(N)cc2sccc12. The maximum absolute atomic E-state index is 9.07. The number of benzene rings is 1. The Balaban J connectivity index is 2.91. The lowest BCUT2D eigenvalue weighted by Crippen LogP contribution is -1.95. The van der Waals surface area contributed by atoms with E-state index in [-0.39, 0.29) is 0 Å². The molecular weight excluding hydrogens is 260 g/mol. The number of nitrogen functional groups attached to an aromatic ring is 1. The van der Waals surface area contributed by atoms with Gasteiger partial charge in [0.05, 0.1) is 5.56 Å². The first kappa shape index (κ1) is 9.50. The summed E-state index contributed by atoms with van der Waals surface area (Å²) < 4.78 is 1.07. The van der Waals surface area contributed by atoms with Crippen molar-refractivity contribution in [1.82, 2.24) is 0 Å². The lowest BCUT2D eigenvalue weighted by Gasteiger charge is -2.05. The van der Waals surface area contributed by atoms with Gasteiger partial charge in [0.1, 0.15) is 6.07 Å². The molecule has 4 heteroatoms. The number of hydrogen-bond acceptors (Lipinski definition) is 3. The Kier molecular flexibility index (Phi) is 2.44. The second-order valence-corrected chi connectivity index (χ2v) is 4.41. The Morgan fingerprint density at radius 3 is 3.00 bits per heavy atom. The normalized spacial score (nSPS) is 10.3. The van der Waals surface area contributed by atoms with Crippen LogP contribution >= 0.6 is 27.3 Å². The Bertz CT molecular complexity index is 525. The number of halogens is 1. The second kappa shape index (κ2) is 3.60. The van der Waals surface area contributed by atoms with Crippen molar-refractivity contribution >= 4 is 43.0 Å². The number of rotatable bonds is 1. The highest BCUT2D eigenvalue weighted by Gasteiger charge is 2.10. The molecule has 0 unspecified atom stereocenters. The van der Waals surface area contributed by atoms with E-state index >= 15 is 0 Å². The van der Waals surface area contributed by atoms with Crippen molar-refractivity contribution in [3.63, 3.8) is 0 Å². The molecule has 1 heterocycles. The molecule has 1 aromatic carbocycles. The Morgan fingerprint density at radius 2 is 2.36 bits per heavy atom. The molecule has 0 aliphatic carbocycles. The van der Waals surface area contributed by atoms with E-state index in [4.69, 9.17) is 11.0 Å². The Morgan fingerprint density at radius 1 is 1.57 bits per heavy atom. The molecule has 0 bridgehead atoms. The fraction of sp³-hybridized carbons (Fsp3) is 0.100. The fourth-order valence-corrected chi connectivity index (χ4v) is 2.89. The third-order valence-electron chi connectivity index (χ3n) is 2.15. The molecule has 0 saturated heterocycles. The molecule has 0 aliphatic rings. The van der Waals surface area contributed by atoms with Crippen LogP contribution in [0.15, 0.2) is 17.5 Å². The van der Waals surface area contributed by atoms with Crippen molar-refractivity contribution in [3.8, 4) is 6.07 Å². The van der Waals surface area contributed by atoms with Crippen LogP contribution in [0.5, 0.6) is 0 Å². The lowest BCUT2D eigenvalue weighted by atomic mass is 10.0. The first-order valence-corrected chi connectivity index (χ1v) is 6.02. The summed E-state index contributed by atoms with van der Waals surface area (Å²) in [5, 5.41) is 12.7. The van der Waals surface area contributed by atoms with E-state index in [9.17, 15) is 0 Å². The van der Waals surface area contributed by atoms with Crippen LogP contribution in [0.25, 0.3) is 10.1 Å². The number of alkyl halides is 1.